The van der Waals surface area contributed by atoms with E-state index in [-0.39, 0.29) is 35.6 Å². The van der Waals surface area contributed by atoms with Crippen LogP contribution in [-0.2, 0) is 14.4 Å². The van der Waals surface area contributed by atoms with Crippen molar-refractivity contribution in [1.82, 2.24) is 20.9 Å². The van der Waals surface area contributed by atoms with Crippen LogP contribution in [0.25, 0.3) is 0 Å². The standard InChI is InChI=1S/C20H18N4O4S/c25-8-3-9-20-4-10(29-9)23-15-13(20)17-12-7(5-21-14(12)18(15)28)1-2-24(17)16(8)19(20)22-6-11(26)27/h3,5,10,14,16,19,21-23H,1-2,4,6H2,(H,26,27). The van der Waals surface area contributed by atoms with Gasteiger partial charge in [-0.25, -0.2) is 0 Å². The van der Waals surface area contributed by atoms with Crippen molar-refractivity contribution in [3.8, 4) is 0 Å². The Morgan fingerprint density at radius 1 is 1.41 bits per heavy atom. The monoisotopic (exact) mass is 410 g/mol. The normalized spacial score (nSPS) is 39.9. The fourth-order valence-electron chi connectivity index (χ4n) is 6.48. The summed E-state index contributed by atoms with van der Waals surface area (Å²) in [6.07, 6.45) is 5.22. The molecule has 2 saturated heterocycles. The molecule has 0 amide bonds. The average Bonchev–Trinajstić information content (AvgIpc) is 3.23. The third-order valence-corrected chi connectivity index (χ3v) is 8.71. The molecule has 1 spiro atoms. The molecule has 5 aliphatic heterocycles. The predicted molar refractivity (Wildman–Crippen MR) is 103 cm³/mol. The first-order chi connectivity index (χ1) is 14.0. The van der Waals surface area contributed by atoms with Gasteiger partial charge in [-0.15, -0.1) is 11.8 Å². The molecule has 0 aromatic rings. The molecule has 0 aromatic carbocycles. The van der Waals surface area contributed by atoms with E-state index >= 15 is 0 Å². The Bertz CT molecular complexity index is 1090. The van der Waals surface area contributed by atoms with E-state index in [4.69, 9.17) is 0 Å². The highest BCUT2D eigenvalue weighted by Crippen LogP contribution is 2.67. The smallest absolute Gasteiger partial charge is 0.317 e. The first-order valence-electron chi connectivity index (χ1n) is 9.91. The molecule has 5 atom stereocenters. The maximum absolute atomic E-state index is 13.4. The largest absolute Gasteiger partial charge is 0.480 e. The topological polar surface area (TPSA) is 111 Å². The van der Waals surface area contributed by atoms with E-state index in [9.17, 15) is 19.5 Å². The number of carbonyl (C=O) groups excluding carboxylic acids is 2. The van der Waals surface area contributed by atoms with E-state index in [2.05, 4.69) is 20.9 Å². The van der Waals surface area contributed by atoms with Crippen LogP contribution in [0.2, 0.25) is 0 Å². The lowest BCUT2D eigenvalue weighted by molar-refractivity contribution is -0.137. The van der Waals surface area contributed by atoms with E-state index in [1.54, 1.807) is 17.8 Å². The van der Waals surface area contributed by atoms with Crippen molar-refractivity contribution in [3.05, 3.63) is 45.3 Å². The highest BCUT2D eigenvalue weighted by atomic mass is 32.2. The molecule has 148 valence electrons. The summed E-state index contributed by atoms with van der Waals surface area (Å²) in [5.74, 6) is -0.879. The van der Waals surface area contributed by atoms with Gasteiger partial charge in [-0.2, -0.15) is 0 Å². The number of piperidine rings is 1. The molecule has 29 heavy (non-hydrogen) atoms. The van der Waals surface area contributed by atoms with Crippen LogP contribution in [0.4, 0.5) is 0 Å². The number of carbonyl (C=O) groups is 3. The van der Waals surface area contributed by atoms with E-state index in [1.807, 2.05) is 6.20 Å². The number of rotatable bonds is 3. The van der Waals surface area contributed by atoms with Gasteiger partial charge in [0.05, 0.1) is 23.0 Å². The van der Waals surface area contributed by atoms with Crippen LogP contribution < -0.4 is 16.0 Å². The molecule has 5 heterocycles. The third kappa shape index (κ3) is 1.68. The second-order valence-corrected chi connectivity index (χ2v) is 9.87. The third-order valence-electron chi connectivity index (χ3n) is 7.41. The molecule has 8 nitrogen and oxygen atoms in total. The number of Topliss-reactive ketones (excluding diaryl/α,β-unsaturated/α-hetero) is 1. The number of aliphatic carboxylic acids is 1. The van der Waals surface area contributed by atoms with Crippen molar-refractivity contribution in [2.24, 2.45) is 5.41 Å². The average molecular weight is 410 g/mol. The lowest BCUT2D eigenvalue weighted by Gasteiger charge is -2.59. The Labute approximate surface area is 170 Å². The van der Waals surface area contributed by atoms with Crippen molar-refractivity contribution >= 4 is 29.3 Å². The zero-order valence-electron chi connectivity index (χ0n) is 15.3. The molecular formula is C20H18N4O4S. The molecule has 2 fully saturated rings. The number of fused-ring (bicyclic) bond motifs is 3. The fraction of sp³-hybridized carbons (Fsp3) is 0.450. The fourth-order valence-corrected chi connectivity index (χ4v) is 8.02. The Hall–Kier alpha value is -2.52. The molecule has 4 N–H and O–H groups in total. The minimum absolute atomic E-state index is 0.00995. The van der Waals surface area contributed by atoms with Gasteiger partial charge in [0.2, 0.25) is 5.78 Å². The highest BCUT2D eigenvalue weighted by molar-refractivity contribution is 8.04. The number of thioether (sulfide) groups is 1. The number of ketones is 2. The van der Waals surface area contributed by atoms with Crippen LogP contribution >= 0.6 is 11.8 Å². The summed E-state index contributed by atoms with van der Waals surface area (Å²) >= 11 is 1.61. The highest BCUT2D eigenvalue weighted by Gasteiger charge is 2.68. The van der Waals surface area contributed by atoms with Crippen LogP contribution in [0.15, 0.2) is 45.3 Å². The molecule has 3 bridgehead atoms. The van der Waals surface area contributed by atoms with Crippen molar-refractivity contribution in [1.29, 1.82) is 0 Å². The van der Waals surface area contributed by atoms with E-state index < -0.39 is 17.4 Å². The minimum atomic E-state index is -0.947. The quantitative estimate of drug-likeness (QED) is 0.493. The summed E-state index contributed by atoms with van der Waals surface area (Å²) in [6, 6.07) is -1.19. The number of nitrogens with zero attached hydrogens (tertiary/aromatic N) is 1. The van der Waals surface area contributed by atoms with Gasteiger partial charge < -0.3 is 26.0 Å². The van der Waals surface area contributed by atoms with Crippen molar-refractivity contribution in [2.75, 3.05) is 13.1 Å². The minimum Gasteiger partial charge on any atom is -0.480 e. The van der Waals surface area contributed by atoms with Crippen molar-refractivity contribution < 1.29 is 19.5 Å². The van der Waals surface area contributed by atoms with E-state index in [0.29, 0.717) is 12.2 Å². The first kappa shape index (κ1) is 16.3. The van der Waals surface area contributed by atoms with Gasteiger partial charge in [-0.05, 0) is 24.5 Å². The van der Waals surface area contributed by atoms with Gasteiger partial charge in [-0.1, -0.05) is 0 Å². The summed E-state index contributed by atoms with van der Waals surface area (Å²) in [5.41, 5.74) is 4.30. The molecular weight excluding hydrogens is 392 g/mol. The Morgan fingerprint density at radius 2 is 2.28 bits per heavy atom. The Morgan fingerprint density at radius 3 is 3.10 bits per heavy atom. The second-order valence-electron chi connectivity index (χ2n) is 8.62. The lowest BCUT2D eigenvalue weighted by atomic mass is 9.56. The van der Waals surface area contributed by atoms with Gasteiger partial charge in [0.1, 0.15) is 12.1 Å². The molecule has 9 heteroatoms. The molecule has 2 aliphatic carbocycles. The van der Waals surface area contributed by atoms with Gasteiger partial charge >= 0.3 is 5.97 Å². The zero-order chi connectivity index (χ0) is 19.7. The summed E-state index contributed by atoms with van der Waals surface area (Å²) in [5, 5.41) is 19.2. The van der Waals surface area contributed by atoms with Gasteiger partial charge in [0, 0.05) is 40.5 Å². The van der Waals surface area contributed by atoms with Crippen molar-refractivity contribution in [2.45, 2.75) is 36.3 Å². The van der Waals surface area contributed by atoms with E-state index in [0.717, 1.165) is 40.2 Å². The van der Waals surface area contributed by atoms with Crippen molar-refractivity contribution in [3.63, 3.8) is 0 Å². The number of carboxylic acid groups (broad SMARTS) is 1. The molecule has 7 rings (SSSR count). The molecule has 0 saturated carbocycles. The van der Waals surface area contributed by atoms with Crippen LogP contribution in [-0.4, -0.2) is 64.1 Å². The molecule has 0 radical (unpaired) electrons. The van der Waals surface area contributed by atoms with Crippen LogP contribution in [0.5, 0.6) is 0 Å². The van der Waals surface area contributed by atoms with Crippen LogP contribution in [0.1, 0.15) is 12.8 Å². The summed E-state index contributed by atoms with van der Waals surface area (Å²) < 4.78 is 0. The van der Waals surface area contributed by atoms with Gasteiger partial charge in [-0.3, -0.25) is 14.4 Å². The number of nitrogens with one attached hydrogen (secondary N) is 3. The maximum atomic E-state index is 13.4. The number of allylic oxidation sites excluding steroid dienone is 1. The van der Waals surface area contributed by atoms with Crippen LogP contribution in [0.3, 0.4) is 0 Å². The Balaban J connectivity index is 1.55. The second kappa shape index (κ2) is 4.96. The van der Waals surface area contributed by atoms with E-state index in [1.165, 1.54) is 0 Å². The summed E-state index contributed by atoms with van der Waals surface area (Å²) in [6.45, 7) is 0.472. The Kier molecular flexibility index (Phi) is 2.79. The molecule has 7 aliphatic rings. The molecule has 5 unspecified atom stereocenters. The molecule has 0 aromatic heterocycles. The zero-order valence-corrected chi connectivity index (χ0v) is 16.1. The predicted octanol–water partition coefficient (Wildman–Crippen LogP) is -0.417. The van der Waals surface area contributed by atoms with Gasteiger partial charge in [0.25, 0.3) is 0 Å². The first-order valence-corrected chi connectivity index (χ1v) is 10.8. The number of hydrogen-bond donors (Lipinski definition) is 4. The number of hydrogen-bond acceptors (Lipinski definition) is 8. The SMILES string of the molecule is O=C(O)CNC1C2C(=O)C=C3SC4CC31C1=C(N4)C(=O)C3NC=C4CCN2C1=C43. The summed E-state index contributed by atoms with van der Waals surface area (Å²) in [4.78, 5) is 41.2. The van der Waals surface area contributed by atoms with Crippen LogP contribution in [0, 0.1) is 5.41 Å². The summed E-state index contributed by atoms with van der Waals surface area (Å²) in [7, 11) is 0. The lowest BCUT2D eigenvalue weighted by Crippen LogP contribution is -2.70. The van der Waals surface area contributed by atoms with Gasteiger partial charge in [0.15, 0.2) is 5.78 Å². The number of carboxylic acids is 1. The maximum Gasteiger partial charge on any atom is 0.317 e.